The molecular formula is C12H11N4+. The summed E-state index contributed by atoms with van der Waals surface area (Å²) in [5.41, 5.74) is 1.45. The van der Waals surface area contributed by atoms with Crippen molar-refractivity contribution in [3.8, 4) is 11.8 Å². The summed E-state index contributed by atoms with van der Waals surface area (Å²) in [6.07, 6.45) is 2.42. The fourth-order valence-corrected chi connectivity index (χ4v) is 1.92. The zero-order chi connectivity index (χ0) is 11.8. The predicted molar refractivity (Wildman–Crippen MR) is 56.8 cm³/mol. The molecule has 1 aliphatic rings. The molecule has 78 valence electrons. The van der Waals surface area contributed by atoms with Gasteiger partial charge in [-0.2, -0.15) is 5.26 Å². The minimum absolute atomic E-state index is 0.405. The third kappa shape index (κ3) is 1.38. The van der Waals surface area contributed by atoms with Crippen molar-refractivity contribution >= 4 is 0 Å². The summed E-state index contributed by atoms with van der Waals surface area (Å²) in [4.78, 5) is 0. The number of nitrogens with zero attached hydrogens (tertiary/aromatic N) is 4. The average molecular weight is 212 g/mol. The molecule has 0 saturated carbocycles. The minimum atomic E-state index is 0.405. The Kier molecular flexibility index (Phi) is 1.74. The van der Waals surface area contributed by atoms with Crippen LogP contribution in [0.15, 0.2) is 30.6 Å². The summed E-state index contributed by atoms with van der Waals surface area (Å²) in [7, 11) is 0. The summed E-state index contributed by atoms with van der Waals surface area (Å²) < 4.78 is 11.6. The molecule has 0 atom stereocenters. The Balaban J connectivity index is 2.07. The Bertz CT molecular complexity index is 607. The first kappa shape index (κ1) is 8.05. The summed E-state index contributed by atoms with van der Waals surface area (Å²) in [5, 5.41) is 13.2. The second-order valence-corrected chi connectivity index (χ2v) is 3.84. The lowest BCUT2D eigenvalue weighted by Gasteiger charge is -1.93. The maximum atomic E-state index is 8.74. The second kappa shape index (κ2) is 3.46. The highest BCUT2D eigenvalue weighted by molar-refractivity contribution is 5.38. The SMILES string of the molecule is [2H]c1n(-c2ccc(C#N)cc2)nc2[n+]1CCC2. The van der Waals surface area contributed by atoms with Crippen molar-refractivity contribution < 1.29 is 5.94 Å². The third-order valence-corrected chi connectivity index (χ3v) is 2.77. The molecule has 1 aliphatic heterocycles. The molecule has 2 heterocycles. The van der Waals surface area contributed by atoms with Crippen LogP contribution in [0, 0.1) is 11.3 Å². The second-order valence-electron chi connectivity index (χ2n) is 3.84. The summed E-state index contributed by atoms with van der Waals surface area (Å²) in [6.45, 7) is 0.879. The van der Waals surface area contributed by atoms with Gasteiger partial charge in [0.05, 0.1) is 18.2 Å². The van der Waals surface area contributed by atoms with Crippen LogP contribution in [0.1, 0.15) is 19.2 Å². The summed E-state index contributed by atoms with van der Waals surface area (Å²) in [6, 6.07) is 9.20. The smallest absolute Gasteiger partial charge is 0.234 e. The van der Waals surface area contributed by atoms with E-state index in [4.69, 9.17) is 6.63 Å². The number of hydrogen-bond donors (Lipinski definition) is 0. The number of benzene rings is 1. The van der Waals surface area contributed by atoms with E-state index in [0.29, 0.717) is 11.9 Å². The van der Waals surface area contributed by atoms with Crippen LogP contribution in [0.25, 0.3) is 5.69 Å². The quantitative estimate of drug-likeness (QED) is 0.661. The molecule has 4 nitrogen and oxygen atoms in total. The summed E-state index contributed by atoms with van der Waals surface area (Å²) >= 11 is 0. The fourth-order valence-electron chi connectivity index (χ4n) is 1.92. The molecule has 0 radical (unpaired) electrons. The van der Waals surface area contributed by atoms with Crippen molar-refractivity contribution in [1.29, 1.82) is 5.26 Å². The van der Waals surface area contributed by atoms with Gasteiger partial charge in [0.1, 0.15) is 7.06 Å². The van der Waals surface area contributed by atoms with Gasteiger partial charge >= 0.3 is 0 Å². The van der Waals surface area contributed by atoms with Crippen LogP contribution in [0.4, 0.5) is 0 Å². The lowest BCUT2D eigenvalue weighted by Crippen LogP contribution is -2.29. The van der Waals surface area contributed by atoms with E-state index in [1.165, 1.54) is 0 Å². The molecule has 0 bridgehead atoms. The van der Waals surface area contributed by atoms with Gasteiger partial charge in [-0.3, -0.25) is 0 Å². The predicted octanol–water partition coefficient (Wildman–Crippen LogP) is 0.978. The highest BCUT2D eigenvalue weighted by Crippen LogP contribution is 2.10. The molecule has 0 spiro atoms. The lowest BCUT2D eigenvalue weighted by molar-refractivity contribution is -0.691. The third-order valence-electron chi connectivity index (χ3n) is 2.77. The molecule has 0 fully saturated rings. The van der Waals surface area contributed by atoms with Crippen LogP contribution in [-0.4, -0.2) is 9.78 Å². The molecule has 0 unspecified atom stereocenters. The van der Waals surface area contributed by atoms with Crippen molar-refractivity contribution in [2.24, 2.45) is 0 Å². The van der Waals surface area contributed by atoms with E-state index in [1.807, 2.05) is 16.7 Å². The van der Waals surface area contributed by atoms with Gasteiger partial charge in [0, 0.05) is 11.5 Å². The van der Waals surface area contributed by atoms with Gasteiger partial charge in [-0.1, -0.05) is 4.68 Å². The molecule has 0 N–H and O–H groups in total. The van der Waals surface area contributed by atoms with E-state index in [1.54, 1.807) is 16.8 Å². The Hall–Kier alpha value is -2.15. The minimum Gasteiger partial charge on any atom is -0.234 e. The number of aromatic nitrogens is 3. The Labute approximate surface area is 94.8 Å². The Morgan fingerprint density at radius 3 is 2.94 bits per heavy atom. The average Bonchev–Trinajstić information content (AvgIpc) is 2.93. The van der Waals surface area contributed by atoms with E-state index < -0.39 is 0 Å². The molecule has 0 saturated heterocycles. The molecular weight excluding hydrogens is 200 g/mol. The van der Waals surface area contributed by atoms with Gasteiger partial charge < -0.3 is 0 Å². The summed E-state index contributed by atoms with van der Waals surface area (Å²) in [5.74, 6) is 0.972. The standard InChI is InChI=1S/C12H11N4/c13-8-10-3-5-11(6-4-10)16-9-15-7-1-2-12(15)14-16/h3-6,9H,1-2,7H2/q+1/i9D. The van der Waals surface area contributed by atoms with Gasteiger partial charge in [0.15, 0.2) is 0 Å². The first-order chi connectivity index (χ1) is 8.29. The van der Waals surface area contributed by atoms with Crippen LogP contribution in [-0.2, 0) is 13.0 Å². The van der Waals surface area contributed by atoms with E-state index in [9.17, 15) is 0 Å². The van der Waals surface area contributed by atoms with E-state index in [2.05, 4.69) is 11.2 Å². The van der Waals surface area contributed by atoms with Gasteiger partial charge in [-0.15, -0.1) is 0 Å². The van der Waals surface area contributed by atoms with Gasteiger partial charge in [0.25, 0.3) is 5.82 Å². The number of nitriles is 1. The number of rotatable bonds is 1. The molecule has 2 aromatic rings. The van der Waals surface area contributed by atoms with E-state index in [-0.39, 0.29) is 0 Å². The van der Waals surface area contributed by atoms with Gasteiger partial charge in [-0.25, -0.2) is 4.57 Å². The highest BCUT2D eigenvalue weighted by atomic mass is 15.4. The Morgan fingerprint density at radius 1 is 1.44 bits per heavy atom. The van der Waals surface area contributed by atoms with Crippen molar-refractivity contribution in [3.05, 3.63) is 42.0 Å². The molecule has 1 aromatic carbocycles. The normalized spacial score (nSPS) is 14.3. The topological polar surface area (TPSA) is 45.5 Å². The fraction of sp³-hybridized carbons (Fsp3) is 0.250. The maximum absolute atomic E-state index is 8.74. The number of fused-ring (bicyclic) bond motifs is 1. The van der Waals surface area contributed by atoms with Gasteiger partial charge in [-0.05, 0) is 30.7 Å². The van der Waals surface area contributed by atoms with Crippen molar-refractivity contribution in [2.45, 2.75) is 19.4 Å². The zero-order valence-corrected chi connectivity index (χ0v) is 8.72. The maximum Gasteiger partial charge on any atom is 0.278 e. The van der Waals surface area contributed by atoms with E-state index in [0.717, 1.165) is 30.9 Å². The monoisotopic (exact) mass is 212 g/mol. The molecule has 16 heavy (non-hydrogen) atoms. The molecule has 3 rings (SSSR count). The van der Waals surface area contributed by atoms with Crippen molar-refractivity contribution in [3.63, 3.8) is 0 Å². The Morgan fingerprint density at radius 2 is 2.25 bits per heavy atom. The van der Waals surface area contributed by atoms with Crippen LogP contribution >= 0.6 is 0 Å². The van der Waals surface area contributed by atoms with Crippen LogP contribution in [0.2, 0.25) is 0 Å². The number of aryl methyl sites for hydroxylation is 1. The lowest BCUT2D eigenvalue weighted by atomic mass is 10.2. The molecule has 1 aromatic heterocycles. The van der Waals surface area contributed by atoms with E-state index >= 15 is 0 Å². The highest BCUT2D eigenvalue weighted by Gasteiger charge is 2.22. The van der Waals surface area contributed by atoms with Gasteiger partial charge in [0.2, 0.25) is 6.30 Å². The first-order valence-electron chi connectivity index (χ1n) is 5.78. The molecule has 0 aliphatic carbocycles. The largest absolute Gasteiger partial charge is 0.278 e. The zero-order valence-electron chi connectivity index (χ0n) is 9.72. The van der Waals surface area contributed by atoms with Crippen molar-refractivity contribution in [1.82, 2.24) is 9.78 Å². The van der Waals surface area contributed by atoms with Crippen LogP contribution in [0.3, 0.4) is 0 Å². The van der Waals surface area contributed by atoms with Crippen LogP contribution < -0.4 is 4.57 Å². The van der Waals surface area contributed by atoms with Crippen LogP contribution in [0.5, 0.6) is 0 Å². The molecule has 0 amide bonds. The van der Waals surface area contributed by atoms with Crippen molar-refractivity contribution in [2.75, 3.05) is 0 Å². The first-order valence-corrected chi connectivity index (χ1v) is 5.28. The number of hydrogen-bond acceptors (Lipinski definition) is 2. The molecule has 4 heteroatoms.